The number of piperazine rings is 1. The smallest absolute Gasteiger partial charge is 0.262 e. The van der Waals surface area contributed by atoms with Gasteiger partial charge in [0.15, 0.2) is 0 Å². The number of aromatic nitrogens is 2. The van der Waals surface area contributed by atoms with Gasteiger partial charge >= 0.3 is 0 Å². The van der Waals surface area contributed by atoms with Crippen molar-refractivity contribution in [2.45, 2.75) is 95.6 Å². The maximum absolute atomic E-state index is 13.4. The van der Waals surface area contributed by atoms with Crippen molar-refractivity contribution in [3.63, 3.8) is 0 Å². The fourth-order valence-electron chi connectivity index (χ4n) is 10.0. The van der Waals surface area contributed by atoms with E-state index in [0.717, 1.165) is 146 Å². The third-order valence-corrected chi connectivity index (χ3v) is 14.0. The van der Waals surface area contributed by atoms with Crippen LogP contribution in [-0.2, 0) is 14.4 Å². The molecule has 4 fully saturated rings. The van der Waals surface area contributed by atoms with Crippen LogP contribution in [0.1, 0.15) is 126 Å². The minimum absolute atomic E-state index is 0.0691. The summed E-state index contributed by atoms with van der Waals surface area (Å²) in [5.74, 6) is 5.85. The number of anilines is 1. The number of hydrogen-bond donors (Lipinski definition) is 2. The number of imide groups is 2. The van der Waals surface area contributed by atoms with Gasteiger partial charge in [-0.1, -0.05) is 37.2 Å². The van der Waals surface area contributed by atoms with E-state index in [4.69, 9.17) is 4.98 Å². The van der Waals surface area contributed by atoms with Crippen LogP contribution in [0.25, 0.3) is 6.08 Å². The molecule has 2 N–H and O–H groups in total. The molecular formula is C52H63N9O6. The van der Waals surface area contributed by atoms with Gasteiger partial charge in [0, 0.05) is 108 Å². The summed E-state index contributed by atoms with van der Waals surface area (Å²) in [6.07, 6.45) is 20.0. The predicted octanol–water partition coefficient (Wildman–Crippen LogP) is 4.93. The number of fused-ring (bicyclic) bond motifs is 1. The number of nitrogens with zero attached hydrogens (tertiary/aromatic N) is 7. The van der Waals surface area contributed by atoms with Crippen molar-refractivity contribution in [1.82, 2.24) is 40.2 Å². The van der Waals surface area contributed by atoms with Gasteiger partial charge in [0.25, 0.3) is 17.7 Å². The lowest BCUT2D eigenvalue weighted by atomic mass is 9.91. The molecule has 4 saturated heterocycles. The summed E-state index contributed by atoms with van der Waals surface area (Å²) < 4.78 is 0. The number of rotatable bonds is 16. The van der Waals surface area contributed by atoms with Gasteiger partial charge in [0.05, 0.1) is 16.7 Å². The Labute approximate surface area is 393 Å². The van der Waals surface area contributed by atoms with E-state index in [9.17, 15) is 28.8 Å². The first-order chi connectivity index (χ1) is 32.7. The molecule has 0 radical (unpaired) electrons. The largest absolute Gasteiger partial charge is 0.357 e. The van der Waals surface area contributed by atoms with Gasteiger partial charge < -0.3 is 20.0 Å². The van der Waals surface area contributed by atoms with Crippen LogP contribution in [0.5, 0.6) is 0 Å². The molecule has 7 heterocycles. The van der Waals surface area contributed by atoms with Gasteiger partial charge in [-0.05, 0) is 112 Å². The van der Waals surface area contributed by atoms with Crippen LogP contribution in [0, 0.1) is 17.8 Å². The molecule has 15 nitrogen and oxygen atoms in total. The molecule has 0 saturated carbocycles. The summed E-state index contributed by atoms with van der Waals surface area (Å²) in [5.41, 5.74) is 2.73. The Bertz CT molecular complexity index is 2340. The van der Waals surface area contributed by atoms with E-state index in [-0.39, 0.29) is 35.8 Å². The van der Waals surface area contributed by atoms with Crippen LogP contribution in [-0.4, -0.2) is 143 Å². The Morgan fingerprint density at radius 3 is 2.36 bits per heavy atom. The van der Waals surface area contributed by atoms with E-state index in [2.05, 4.69) is 42.2 Å². The highest BCUT2D eigenvalue weighted by Gasteiger charge is 2.44. The number of unbranched alkanes of at least 4 members (excludes halogenated alkanes) is 4. The van der Waals surface area contributed by atoms with E-state index in [1.807, 2.05) is 29.2 Å². The van der Waals surface area contributed by atoms with Crippen LogP contribution in [0.15, 0.2) is 67.1 Å². The van der Waals surface area contributed by atoms with Crippen molar-refractivity contribution in [2.24, 2.45) is 5.92 Å². The highest BCUT2D eigenvalue weighted by atomic mass is 16.2. The third-order valence-electron chi connectivity index (χ3n) is 14.0. The number of carbonyl (C=O) groups excluding carboxylic acids is 6. The number of pyridine rings is 2. The van der Waals surface area contributed by atoms with E-state index in [1.54, 1.807) is 48.9 Å². The second kappa shape index (κ2) is 23.0. The van der Waals surface area contributed by atoms with Crippen LogP contribution < -0.4 is 15.5 Å². The van der Waals surface area contributed by atoms with Crippen molar-refractivity contribution in [1.29, 1.82) is 0 Å². The van der Waals surface area contributed by atoms with Crippen molar-refractivity contribution in [3.8, 4) is 11.8 Å². The van der Waals surface area contributed by atoms with Crippen molar-refractivity contribution in [2.75, 3.05) is 70.3 Å². The Kier molecular flexibility index (Phi) is 16.2. The lowest BCUT2D eigenvalue weighted by Crippen LogP contribution is -2.54. The van der Waals surface area contributed by atoms with E-state index in [0.29, 0.717) is 29.6 Å². The fraction of sp³-hybridized carbons (Fsp3) is 0.500. The molecular weight excluding hydrogens is 847 g/mol. The van der Waals surface area contributed by atoms with E-state index < -0.39 is 29.7 Å². The first-order valence-electron chi connectivity index (χ1n) is 24.4. The molecule has 8 rings (SSSR count). The molecule has 67 heavy (non-hydrogen) atoms. The highest BCUT2D eigenvalue weighted by molar-refractivity contribution is 6.23. The molecule has 1 aromatic carbocycles. The number of amides is 6. The molecule has 6 amide bonds. The van der Waals surface area contributed by atoms with Crippen molar-refractivity contribution in [3.05, 3.63) is 94.9 Å². The average molecular weight is 910 g/mol. The lowest BCUT2D eigenvalue weighted by molar-refractivity contribution is -0.136. The molecule has 5 aliphatic heterocycles. The zero-order valence-corrected chi connectivity index (χ0v) is 38.5. The Hall–Kier alpha value is -6.24. The second-order valence-electron chi connectivity index (χ2n) is 18.5. The SMILES string of the molecule is O=C(/C=C/c1cccnc1)NCCCCC1CCN(C(=O)c2ccc(N3CCC(N4CCN(CCCCCC#Cc5ccc6c(c5)C(=O)N(C5CCC(=O)NC5=O)C6=O)CC4)CC3)nc2)CC1. The second-order valence-corrected chi connectivity index (χ2v) is 18.5. The number of benzene rings is 1. The summed E-state index contributed by atoms with van der Waals surface area (Å²) in [6, 6.07) is 12.3. The molecule has 15 heteroatoms. The van der Waals surface area contributed by atoms with Crippen molar-refractivity contribution < 1.29 is 28.8 Å². The van der Waals surface area contributed by atoms with Gasteiger partial charge in [0.2, 0.25) is 17.7 Å². The average Bonchev–Trinajstić information content (AvgIpc) is 3.60. The topological polar surface area (TPSA) is 168 Å². The van der Waals surface area contributed by atoms with Gasteiger partial charge in [-0.3, -0.25) is 48.9 Å². The highest BCUT2D eigenvalue weighted by Crippen LogP contribution is 2.29. The Morgan fingerprint density at radius 2 is 1.61 bits per heavy atom. The molecule has 0 aliphatic carbocycles. The Balaban J connectivity index is 0.660. The number of piperidine rings is 3. The summed E-state index contributed by atoms with van der Waals surface area (Å²) >= 11 is 0. The van der Waals surface area contributed by atoms with Gasteiger partial charge in [0.1, 0.15) is 11.9 Å². The van der Waals surface area contributed by atoms with Crippen LogP contribution in [0.2, 0.25) is 0 Å². The summed E-state index contributed by atoms with van der Waals surface area (Å²) in [5, 5.41) is 5.19. The zero-order chi connectivity index (χ0) is 46.5. The first kappa shape index (κ1) is 47.3. The maximum Gasteiger partial charge on any atom is 0.262 e. The first-order valence-corrected chi connectivity index (χ1v) is 24.4. The molecule has 1 atom stereocenters. The summed E-state index contributed by atoms with van der Waals surface area (Å²) in [6.45, 7) is 9.58. The fourth-order valence-corrected chi connectivity index (χ4v) is 10.0. The molecule has 3 aromatic rings. The lowest BCUT2D eigenvalue weighted by Gasteiger charge is -2.43. The third kappa shape index (κ3) is 12.4. The summed E-state index contributed by atoms with van der Waals surface area (Å²) in [4.78, 5) is 94.8. The number of carbonyl (C=O) groups is 6. The molecule has 1 unspecified atom stereocenters. The van der Waals surface area contributed by atoms with E-state index in [1.165, 1.54) is 0 Å². The normalized spacial score (nSPS) is 19.9. The van der Waals surface area contributed by atoms with Gasteiger partial charge in [-0.25, -0.2) is 4.98 Å². The van der Waals surface area contributed by atoms with Gasteiger partial charge in [-0.15, -0.1) is 0 Å². The van der Waals surface area contributed by atoms with Crippen LogP contribution >= 0.6 is 0 Å². The standard InChI is InChI=1S/C52H63N9O6/c62-47(18-13-40-11-8-24-53-36-40)54-25-6-5-9-38-20-27-60(28-21-38)50(65)41-14-17-46(55-37-41)59-29-22-42(23-30-59)58-33-31-57(32-34-58)26-7-3-1-2-4-10-39-12-15-43-44(35-39)52(67)61(51(43)66)45-16-19-48(63)56-49(45)64/h8,11-15,17-18,24,35-38,42,45H,1-3,5-7,9,16,19-23,25-34H2,(H,54,62)(H,56,63,64)/b18-13+. The molecule has 0 bridgehead atoms. The monoisotopic (exact) mass is 909 g/mol. The number of nitrogens with one attached hydrogen (secondary N) is 2. The summed E-state index contributed by atoms with van der Waals surface area (Å²) in [7, 11) is 0. The maximum atomic E-state index is 13.4. The van der Waals surface area contributed by atoms with Crippen molar-refractivity contribution >= 4 is 47.3 Å². The van der Waals surface area contributed by atoms with Gasteiger partial charge in [-0.2, -0.15) is 0 Å². The predicted molar refractivity (Wildman–Crippen MR) is 255 cm³/mol. The number of likely N-dealkylation sites (tertiary alicyclic amines) is 1. The molecule has 0 spiro atoms. The quantitative estimate of drug-likeness (QED) is 0.0866. The number of hydrogen-bond acceptors (Lipinski definition) is 11. The molecule has 5 aliphatic rings. The Morgan fingerprint density at radius 1 is 0.806 bits per heavy atom. The zero-order valence-electron chi connectivity index (χ0n) is 38.5. The minimum Gasteiger partial charge on any atom is -0.357 e. The molecule has 2 aromatic heterocycles. The van der Waals surface area contributed by atoms with Crippen LogP contribution in [0.3, 0.4) is 0 Å². The molecule has 352 valence electrons. The van der Waals surface area contributed by atoms with Crippen LogP contribution in [0.4, 0.5) is 5.82 Å². The van der Waals surface area contributed by atoms with E-state index >= 15 is 0 Å². The minimum atomic E-state index is -0.978.